The number of anilines is 2. The van der Waals surface area contributed by atoms with Crippen LogP contribution in [0.5, 0.6) is 5.75 Å². The summed E-state index contributed by atoms with van der Waals surface area (Å²) in [4.78, 5) is 42.6. The van der Waals surface area contributed by atoms with E-state index in [4.69, 9.17) is 4.74 Å². The van der Waals surface area contributed by atoms with Crippen LogP contribution in [0.4, 0.5) is 11.4 Å². The molecule has 3 amide bonds. The van der Waals surface area contributed by atoms with Crippen LogP contribution in [0.25, 0.3) is 0 Å². The molecule has 4 rings (SSSR count). The zero-order valence-corrected chi connectivity index (χ0v) is 19.9. The van der Waals surface area contributed by atoms with Gasteiger partial charge in [-0.15, -0.1) is 11.3 Å². The minimum atomic E-state index is -0.348. The van der Waals surface area contributed by atoms with Crippen LogP contribution in [0.2, 0.25) is 0 Å². The molecule has 1 aliphatic rings. The molecule has 0 unspecified atom stereocenters. The molecule has 1 aromatic heterocycles. The van der Waals surface area contributed by atoms with Crippen LogP contribution in [0.15, 0.2) is 60.0 Å². The van der Waals surface area contributed by atoms with Gasteiger partial charge in [0.1, 0.15) is 5.75 Å². The molecule has 2 heterocycles. The van der Waals surface area contributed by atoms with Crippen LogP contribution >= 0.6 is 11.3 Å². The lowest BCUT2D eigenvalue weighted by Gasteiger charge is -2.32. The van der Waals surface area contributed by atoms with E-state index in [0.717, 1.165) is 13.1 Å². The molecule has 1 fully saturated rings. The zero-order chi connectivity index (χ0) is 24.1. The largest absolute Gasteiger partial charge is 0.495 e. The Bertz CT molecular complexity index is 1170. The summed E-state index contributed by atoms with van der Waals surface area (Å²) in [5, 5.41) is 7.48. The normalized spacial score (nSPS) is 13.9. The summed E-state index contributed by atoms with van der Waals surface area (Å²) in [6, 6.07) is 15.2. The topological polar surface area (TPSA) is 91.0 Å². The van der Waals surface area contributed by atoms with Crippen LogP contribution < -0.4 is 15.4 Å². The number of ether oxygens (including phenoxy) is 1. The van der Waals surface area contributed by atoms with Crippen molar-refractivity contribution in [1.29, 1.82) is 0 Å². The number of nitrogens with zero attached hydrogens (tertiary/aromatic N) is 2. The lowest BCUT2D eigenvalue weighted by molar-refractivity contribution is 0.0663. The SMILES string of the molecule is COc1ccc(C(=O)N2CCN(C)CC2)cc1NC(=O)c1ccc(NC(=O)c2cccs2)cc1. The van der Waals surface area contributed by atoms with E-state index in [1.54, 1.807) is 48.5 Å². The van der Waals surface area contributed by atoms with E-state index in [2.05, 4.69) is 15.5 Å². The van der Waals surface area contributed by atoms with Crippen molar-refractivity contribution in [2.24, 2.45) is 0 Å². The second-order valence-corrected chi connectivity index (χ2v) is 8.92. The third-order valence-electron chi connectivity index (χ3n) is 5.64. The van der Waals surface area contributed by atoms with Crippen molar-refractivity contribution in [3.05, 3.63) is 76.0 Å². The number of carbonyl (C=O) groups is 3. The quantitative estimate of drug-likeness (QED) is 0.564. The molecule has 8 nitrogen and oxygen atoms in total. The fraction of sp³-hybridized carbons (Fsp3) is 0.240. The zero-order valence-electron chi connectivity index (χ0n) is 19.0. The van der Waals surface area contributed by atoms with E-state index in [1.165, 1.54) is 18.4 Å². The first kappa shape index (κ1) is 23.5. The number of carbonyl (C=O) groups excluding carboxylic acids is 3. The van der Waals surface area contributed by atoms with Gasteiger partial charge in [-0.25, -0.2) is 0 Å². The first-order valence-corrected chi connectivity index (χ1v) is 11.7. The van der Waals surface area contributed by atoms with Crippen molar-refractivity contribution in [2.45, 2.75) is 0 Å². The van der Waals surface area contributed by atoms with Gasteiger partial charge in [-0.05, 0) is 61.0 Å². The van der Waals surface area contributed by atoms with E-state index in [0.29, 0.717) is 46.2 Å². The fourth-order valence-corrected chi connectivity index (χ4v) is 4.25. The van der Waals surface area contributed by atoms with Gasteiger partial charge in [0.05, 0.1) is 17.7 Å². The highest BCUT2D eigenvalue weighted by Gasteiger charge is 2.22. The Morgan fingerprint density at radius 2 is 1.59 bits per heavy atom. The van der Waals surface area contributed by atoms with Crippen molar-refractivity contribution < 1.29 is 19.1 Å². The van der Waals surface area contributed by atoms with Crippen molar-refractivity contribution in [1.82, 2.24) is 9.80 Å². The number of methoxy groups -OCH3 is 1. The number of thiophene rings is 1. The van der Waals surface area contributed by atoms with Gasteiger partial charge in [0.25, 0.3) is 17.7 Å². The summed E-state index contributed by atoms with van der Waals surface area (Å²) in [5.74, 6) is -0.155. The summed E-state index contributed by atoms with van der Waals surface area (Å²) in [6.45, 7) is 2.99. The lowest BCUT2D eigenvalue weighted by atomic mass is 10.1. The van der Waals surface area contributed by atoms with Gasteiger partial charge >= 0.3 is 0 Å². The molecule has 1 aliphatic heterocycles. The van der Waals surface area contributed by atoms with Gasteiger partial charge in [-0.1, -0.05) is 6.07 Å². The van der Waals surface area contributed by atoms with Gasteiger partial charge in [-0.2, -0.15) is 0 Å². The smallest absolute Gasteiger partial charge is 0.265 e. The highest BCUT2D eigenvalue weighted by molar-refractivity contribution is 7.12. The molecule has 3 aromatic rings. The maximum atomic E-state index is 12.9. The van der Waals surface area contributed by atoms with E-state index in [1.807, 2.05) is 23.4 Å². The predicted octanol–water partition coefficient (Wildman–Crippen LogP) is 3.65. The maximum Gasteiger partial charge on any atom is 0.265 e. The van der Waals surface area contributed by atoms with Gasteiger partial charge in [0, 0.05) is 43.0 Å². The van der Waals surface area contributed by atoms with Crippen LogP contribution in [0.1, 0.15) is 30.4 Å². The summed E-state index contributed by atoms with van der Waals surface area (Å²) in [7, 11) is 3.55. The molecule has 0 saturated carbocycles. The van der Waals surface area contributed by atoms with E-state index >= 15 is 0 Å². The van der Waals surface area contributed by atoms with Crippen molar-refractivity contribution in [2.75, 3.05) is 51.0 Å². The van der Waals surface area contributed by atoms with Crippen molar-refractivity contribution in [3.8, 4) is 5.75 Å². The second kappa shape index (κ2) is 10.5. The molecule has 2 aromatic carbocycles. The predicted molar refractivity (Wildman–Crippen MR) is 133 cm³/mol. The number of rotatable bonds is 6. The van der Waals surface area contributed by atoms with Gasteiger partial charge in [0.15, 0.2) is 0 Å². The molecule has 176 valence electrons. The molecular formula is C25H26N4O4S. The highest BCUT2D eigenvalue weighted by atomic mass is 32.1. The summed E-state index contributed by atoms with van der Waals surface area (Å²) in [5.41, 5.74) is 1.91. The molecule has 0 radical (unpaired) electrons. The van der Waals surface area contributed by atoms with E-state index in [-0.39, 0.29) is 17.7 Å². The Kier molecular flexibility index (Phi) is 7.24. The first-order valence-electron chi connectivity index (χ1n) is 10.9. The molecule has 1 saturated heterocycles. The molecule has 0 atom stereocenters. The van der Waals surface area contributed by atoms with Crippen LogP contribution in [0, 0.1) is 0 Å². The van der Waals surface area contributed by atoms with E-state index in [9.17, 15) is 14.4 Å². The number of benzene rings is 2. The second-order valence-electron chi connectivity index (χ2n) is 7.97. The number of hydrogen-bond acceptors (Lipinski definition) is 6. The minimum absolute atomic E-state index is 0.0721. The summed E-state index contributed by atoms with van der Waals surface area (Å²) >= 11 is 1.36. The molecule has 0 spiro atoms. The molecule has 0 bridgehead atoms. The average Bonchev–Trinajstić information content (AvgIpc) is 3.40. The third-order valence-corrected chi connectivity index (χ3v) is 6.50. The Morgan fingerprint density at radius 3 is 2.24 bits per heavy atom. The molecular weight excluding hydrogens is 452 g/mol. The number of amides is 3. The number of likely N-dealkylation sites (N-methyl/N-ethyl adjacent to an activating group) is 1. The van der Waals surface area contributed by atoms with Gasteiger partial charge < -0.3 is 25.2 Å². The Hall–Kier alpha value is -3.69. The monoisotopic (exact) mass is 478 g/mol. The lowest BCUT2D eigenvalue weighted by Crippen LogP contribution is -2.47. The standard InChI is InChI=1S/C25H26N4O4S/c1-28-11-13-29(14-12-28)25(32)18-7-10-21(33-2)20(16-18)27-23(30)17-5-8-19(9-6-17)26-24(31)22-4-3-15-34-22/h3-10,15-16H,11-14H2,1-2H3,(H,26,31)(H,27,30). The fourth-order valence-electron chi connectivity index (χ4n) is 3.63. The molecule has 34 heavy (non-hydrogen) atoms. The van der Waals surface area contributed by atoms with Crippen molar-refractivity contribution >= 4 is 40.4 Å². The van der Waals surface area contributed by atoms with E-state index < -0.39 is 0 Å². The Labute approximate surface area is 202 Å². The summed E-state index contributed by atoms with van der Waals surface area (Å²) < 4.78 is 5.38. The molecule has 0 aliphatic carbocycles. The highest BCUT2D eigenvalue weighted by Crippen LogP contribution is 2.27. The Morgan fingerprint density at radius 1 is 0.882 bits per heavy atom. The van der Waals surface area contributed by atoms with Gasteiger partial charge in [0.2, 0.25) is 0 Å². The molecule has 2 N–H and O–H groups in total. The Balaban J connectivity index is 1.45. The van der Waals surface area contributed by atoms with Crippen molar-refractivity contribution in [3.63, 3.8) is 0 Å². The molecule has 9 heteroatoms. The maximum absolute atomic E-state index is 12.9. The van der Waals surface area contributed by atoms with Crippen LogP contribution in [-0.2, 0) is 0 Å². The van der Waals surface area contributed by atoms with Crippen LogP contribution in [0.3, 0.4) is 0 Å². The van der Waals surface area contributed by atoms with Gasteiger partial charge in [-0.3, -0.25) is 14.4 Å². The minimum Gasteiger partial charge on any atom is -0.495 e. The third kappa shape index (κ3) is 5.44. The summed E-state index contributed by atoms with van der Waals surface area (Å²) in [6.07, 6.45) is 0. The first-order chi connectivity index (χ1) is 16.4. The number of piperazine rings is 1. The number of hydrogen-bond donors (Lipinski definition) is 2. The number of nitrogens with one attached hydrogen (secondary N) is 2. The van der Waals surface area contributed by atoms with Crippen LogP contribution in [-0.4, -0.2) is 67.9 Å². The average molecular weight is 479 g/mol.